The number of aryl methyl sites for hydroxylation is 2. The van der Waals surface area contributed by atoms with Crippen LogP contribution < -0.4 is 10.6 Å². The molecule has 2 aromatic rings. The number of hydrogen-bond acceptors (Lipinski definition) is 5. The molecule has 0 spiro atoms. The van der Waals surface area contributed by atoms with Crippen molar-refractivity contribution in [3.8, 4) is 0 Å². The summed E-state index contributed by atoms with van der Waals surface area (Å²) in [7, 11) is 0. The number of para-hydroxylation sites is 1. The molecule has 3 amide bonds. The van der Waals surface area contributed by atoms with E-state index < -0.39 is 29.7 Å². The van der Waals surface area contributed by atoms with Crippen LogP contribution in [0.25, 0.3) is 6.08 Å². The predicted molar refractivity (Wildman–Crippen MR) is 153 cm³/mol. The molecule has 2 atom stereocenters. The lowest BCUT2D eigenvalue weighted by Crippen LogP contribution is -2.53. The number of amides is 3. The van der Waals surface area contributed by atoms with Gasteiger partial charge in [0.25, 0.3) is 5.91 Å². The van der Waals surface area contributed by atoms with Gasteiger partial charge in [0.1, 0.15) is 17.7 Å². The van der Waals surface area contributed by atoms with E-state index in [1.54, 1.807) is 26.8 Å². The molecule has 2 unspecified atom stereocenters. The first-order valence-electron chi connectivity index (χ1n) is 12.4. The number of carbonyl (C=O) groups is 3. The maximum atomic E-state index is 13.9. The van der Waals surface area contributed by atoms with Crippen LogP contribution >= 0.6 is 12.6 Å². The van der Waals surface area contributed by atoms with E-state index in [9.17, 15) is 14.4 Å². The minimum Gasteiger partial charge on any atom is -0.444 e. The second-order valence-corrected chi connectivity index (χ2v) is 10.3. The Bertz CT molecular complexity index is 1110. The molecule has 0 aliphatic heterocycles. The number of alkyl carbamates (subject to hydrolysis) is 1. The highest BCUT2D eigenvalue weighted by Gasteiger charge is 2.36. The van der Waals surface area contributed by atoms with Crippen LogP contribution in [0.1, 0.15) is 62.4 Å². The number of hydrogen-bond donors (Lipinski definition) is 3. The Hall–Kier alpha value is -3.26. The topological polar surface area (TPSA) is 87.7 Å². The molecule has 0 fully saturated rings. The van der Waals surface area contributed by atoms with Crippen molar-refractivity contribution in [3.63, 3.8) is 0 Å². The number of rotatable bonds is 10. The Morgan fingerprint density at radius 1 is 1.11 bits per heavy atom. The van der Waals surface area contributed by atoms with E-state index in [0.717, 1.165) is 16.7 Å². The van der Waals surface area contributed by atoms with Crippen molar-refractivity contribution in [2.24, 2.45) is 0 Å². The Labute approximate surface area is 226 Å². The van der Waals surface area contributed by atoms with Gasteiger partial charge in [-0.1, -0.05) is 56.0 Å². The molecule has 2 aromatic carbocycles. The number of nitrogens with zero attached hydrogens (tertiary/aromatic N) is 1. The van der Waals surface area contributed by atoms with Crippen LogP contribution in [-0.4, -0.2) is 46.7 Å². The Kier molecular flexibility index (Phi) is 10.8. The van der Waals surface area contributed by atoms with Crippen LogP contribution in [0.2, 0.25) is 0 Å². The third kappa shape index (κ3) is 8.39. The monoisotopic (exact) mass is 525 g/mol. The Balaban J connectivity index is 2.52. The van der Waals surface area contributed by atoms with Crippen LogP contribution in [0, 0.1) is 13.8 Å². The van der Waals surface area contributed by atoms with Gasteiger partial charge in [0.05, 0.1) is 0 Å². The van der Waals surface area contributed by atoms with Crippen molar-refractivity contribution in [2.75, 3.05) is 17.6 Å². The first-order chi connectivity index (χ1) is 17.4. The second-order valence-electron chi connectivity index (χ2n) is 9.95. The summed E-state index contributed by atoms with van der Waals surface area (Å²) in [5, 5.41) is 5.67. The average Bonchev–Trinajstić information content (AvgIpc) is 2.83. The van der Waals surface area contributed by atoms with E-state index >= 15 is 0 Å². The van der Waals surface area contributed by atoms with Gasteiger partial charge in [-0.3, -0.25) is 9.59 Å². The van der Waals surface area contributed by atoms with E-state index in [-0.39, 0.29) is 11.7 Å². The summed E-state index contributed by atoms with van der Waals surface area (Å²) in [6.45, 7) is 15.1. The maximum Gasteiger partial charge on any atom is 0.408 e. The van der Waals surface area contributed by atoms with Crippen molar-refractivity contribution >= 4 is 42.3 Å². The van der Waals surface area contributed by atoms with Crippen LogP contribution in [0.5, 0.6) is 0 Å². The van der Waals surface area contributed by atoms with Crippen LogP contribution in [-0.2, 0) is 14.3 Å². The summed E-state index contributed by atoms with van der Waals surface area (Å²) in [6.07, 6.45) is 1.57. The Morgan fingerprint density at radius 3 is 2.27 bits per heavy atom. The smallest absolute Gasteiger partial charge is 0.408 e. The number of ether oxygens (including phenoxy) is 1. The molecular formula is C29H39N3O4S. The fourth-order valence-electron chi connectivity index (χ4n) is 3.97. The molecule has 2 rings (SSSR count). The fourth-order valence-corrected chi connectivity index (χ4v) is 4.22. The summed E-state index contributed by atoms with van der Waals surface area (Å²) >= 11 is 4.32. The molecule has 0 radical (unpaired) electrons. The first kappa shape index (κ1) is 30.0. The Morgan fingerprint density at radius 2 is 1.73 bits per heavy atom. The first-order valence-corrected chi connectivity index (χ1v) is 13.0. The van der Waals surface area contributed by atoms with Gasteiger partial charge in [0.2, 0.25) is 5.91 Å². The summed E-state index contributed by atoms with van der Waals surface area (Å²) in [6, 6.07) is 11.2. The zero-order valence-corrected chi connectivity index (χ0v) is 23.5. The van der Waals surface area contributed by atoms with E-state index in [0.29, 0.717) is 24.2 Å². The SMILES string of the molecule is C=Cc1cccc(C(C(=O)Nc2c(C)cccc2C)N(CCC)C(=O)C(CS)NC(=O)OC(C)(C)C)c1. The van der Waals surface area contributed by atoms with Gasteiger partial charge < -0.3 is 20.3 Å². The third-order valence-corrected chi connectivity index (χ3v) is 6.04. The molecule has 0 aromatic heterocycles. The second kappa shape index (κ2) is 13.3. The van der Waals surface area contributed by atoms with E-state index in [1.165, 1.54) is 4.90 Å². The number of nitrogens with one attached hydrogen (secondary N) is 2. The molecule has 200 valence electrons. The average molecular weight is 526 g/mol. The molecule has 0 aliphatic rings. The number of thiol groups is 1. The summed E-state index contributed by atoms with van der Waals surface area (Å²) in [5.41, 5.74) is 3.28. The largest absolute Gasteiger partial charge is 0.444 e. The lowest BCUT2D eigenvalue weighted by atomic mass is 9.99. The number of benzene rings is 2. The molecule has 8 heteroatoms. The predicted octanol–water partition coefficient (Wildman–Crippen LogP) is 5.69. The van der Waals surface area contributed by atoms with Crippen LogP contribution in [0.4, 0.5) is 10.5 Å². The molecule has 0 saturated heterocycles. The summed E-state index contributed by atoms with van der Waals surface area (Å²) in [5.74, 6) is -0.736. The molecule has 7 nitrogen and oxygen atoms in total. The van der Waals surface area contributed by atoms with E-state index in [2.05, 4.69) is 29.8 Å². The molecule has 2 N–H and O–H groups in total. The highest BCUT2D eigenvalue weighted by atomic mass is 32.1. The van der Waals surface area contributed by atoms with Crippen molar-refractivity contribution in [3.05, 3.63) is 71.3 Å². The number of carbonyl (C=O) groups excluding carboxylic acids is 3. The molecule has 0 bridgehead atoms. The lowest BCUT2D eigenvalue weighted by molar-refractivity contribution is -0.140. The minimum absolute atomic E-state index is 0.0379. The fraction of sp³-hybridized carbons (Fsp3) is 0.414. The van der Waals surface area contributed by atoms with Gasteiger partial charge in [-0.25, -0.2) is 4.79 Å². The molecule has 0 saturated carbocycles. The number of anilines is 1. The minimum atomic E-state index is -0.984. The standard InChI is InChI=1S/C29H39N3O4S/c1-8-16-32(27(34)23(18-37)30-28(35)36-29(5,6)7)25(22-15-11-14-21(9-2)17-22)26(33)31-24-19(3)12-10-13-20(24)4/h9-15,17,23,25,37H,2,8,16,18H2,1,3-7H3,(H,30,35)(H,31,33). The van der Waals surface area contributed by atoms with Gasteiger partial charge in [-0.05, 0) is 69.4 Å². The zero-order valence-electron chi connectivity index (χ0n) is 22.6. The molecular weight excluding hydrogens is 486 g/mol. The quantitative estimate of drug-likeness (QED) is 0.348. The molecule has 37 heavy (non-hydrogen) atoms. The van der Waals surface area contributed by atoms with Gasteiger partial charge in [-0.15, -0.1) is 0 Å². The van der Waals surface area contributed by atoms with Crippen molar-refractivity contribution in [1.29, 1.82) is 0 Å². The van der Waals surface area contributed by atoms with Crippen LogP contribution in [0.3, 0.4) is 0 Å². The zero-order chi connectivity index (χ0) is 27.8. The van der Waals surface area contributed by atoms with E-state index in [4.69, 9.17) is 4.74 Å². The molecule has 0 heterocycles. The van der Waals surface area contributed by atoms with Gasteiger partial charge >= 0.3 is 6.09 Å². The van der Waals surface area contributed by atoms with Crippen molar-refractivity contribution < 1.29 is 19.1 Å². The third-order valence-electron chi connectivity index (χ3n) is 5.67. The maximum absolute atomic E-state index is 13.9. The van der Waals surface area contributed by atoms with Crippen molar-refractivity contribution in [1.82, 2.24) is 10.2 Å². The van der Waals surface area contributed by atoms with Gasteiger partial charge in [0, 0.05) is 18.0 Å². The summed E-state index contributed by atoms with van der Waals surface area (Å²) < 4.78 is 5.34. The normalized spacial score (nSPS) is 12.7. The van der Waals surface area contributed by atoms with E-state index in [1.807, 2.05) is 63.2 Å². The lowest BCUT2D eigenvalue weighted by Gasteiger charge is -2.34. The summed E-state index contributed by atoms with van der Waals surface area (Å²) in [4.78, 5) is 41.7. The van der Waals surface area contributed by atoms with Gasteiger partial charge in [0.15, 0.2) is 0 Å². The van der Waals surface area contributed by atoms with Crippen molar-refractivity contribution in [2.45, 2.75) is 65.6 Å². The highest BCUT2D eigenvalue weighted by molar-refractivity contribution is 7.80. The molecule has 0 aliphatic carbocycles. The van der Waals surface area contributed by atoms with Crippen LogP contribution in [0.15, 0.2) is 49.0 Å². The van der Waals surface area contributed by atoms with Gasteiger partial charge in [-0.2, -0.15) is 12.6 Å². The highest BCUT2D eigenvalue weighted by Crippen LogP contribution is 2.28.